The van der Waals surface area contributed by atoms with Crippen molar-refractivity contribution in [3.8, 4) is 0 Å². The SMILES string of the molecule is CC.CCc1ccncc1C(F)(F)F. The number of pyridine rings is 1. The van der Waals surface area contributed by atoms with Gasteiger partial charge in [-0.15, -0.1) is 0 Å². The lowest BCUT2D eigenvalue weighted by Crippen LogP contribution is -2.08. The summed E-state index contributed by atoms with van der Waals surface area (Å²) in [6.45, 7) is 5.69. The number of aromatic nitrogens is 1. The Morgan fingerprint density at radius 1 is 1.29 bits per heavy atom. The van der Waals surface area contributed by atoms with Gasteiger partial charge in [-0.2, -0.15) is 13.2 Å². The van der Waals surface area contributed by atoms with Gasteiger partial charge in [-0.05, 0) is 18.1 Å². The van der Waals surface area contributed by atoms with E-state index in [1.54, 1.807) is 6.92 Å². The molecule has 0 fully saturated rings. The lowest BCUT2D eigenvalue weighted by atomic mass is 10.1. The van der Waals surface area contributed by atoms with Gasteiger partial charge in [-0.25, -0.2) is 0 Å². The Bertz CT molecular complexity index is 268. The van der Waals surface area contributed by atoms with Gasteiger partial charge in [0.1, 0.15) is 0 Å². The monoisotopic (exact) mass is 205 g/mol. The maximum Gasteiger partial charge on any atom is 0.418 e. The van der Waals surface area contributed by atoms with E-state index < -0.39 is 11.7 Å². The summed E-state index contributed by atoms with van der Waals surface area (Å²) in [6, 6.07) is 1.39. The summed E-state index contributed by atoms with van der Waals surface area (Å²) in [5, 5.41) is 0. The molecule has 0 spiro atoms. The van der Waals surface area contributed by atoms with Gasteiger partial charge in [0.25, 0.3) is 0 Å². The third-order valence-corrected chi connectivity index (χ3v) is 1.60. The zero-order chi connectivity index (χ0) is 11.2. The molecular weight excluding hydrogens is 191 g/mol. The van der Waals surface area contributed by atoms with E-state index >= 15 is 0 Å². The van der Waals surface area contributed by atoms with Crippen molar-refractivity contribution >= 4 is 0 Å². The maximum atomic E-state index is 12.2. The molecule has 80 valence electrons. The highest BCUT2D eigenvalue weighted by Crippen LogP contribution is 2.31. The van der Waals surface area contributed by atoms with E-state index in [1.807, 2.05) is 13.8 Å². The number of alkyl halides is 3. The van der Waals surface area contributed by atoms with E-state index in [4.69, 9.17) is 0 Å². The average molecular weight is 205 g/mol. The van der Waals surface area contributed by atoms with Crippen LogP contribution in [-0.2, 0) is 12.6 Å². The molecule has 1 rings (SSSR count). The van der Waals surface area contributed by atoms with Crippen LogP contribution in [0.1, 0.15) is 31.9 Å². The van der Waals surface area contributed by atoms with Crippen LogP contribution in [0, 0.1) is 0 Å². The highest BCUT2D eigenvalue weighted by Gasteiger charge is 2.32. The van der Waals surface area contributed by atoms with Crippen molar-refractivity contribution in [2.75, 3.05) is 0 Å². The molecule has 4 heteroatoms. The van der Waals surface area contributed by atoms with Gasteiger partial charge in [0.05, 0.1) is 5.56 Å². The smallest absolute Gasteiger partial charge is 0.264 e. The highest BCUT2D eigenvalue weighted by atomic mass is 19.4. The quantitative estimate of drug-likeness (QED) is 0.681. The Labute approximate surface area is 82.0 Å². The second-order valence-corrected chi connectivity index (χ2v) is 2.38. The molecule has 1 heterocycles. The van der Waals surface area contributed by atoms with Crippen LogP contribution < -0.4 is 0 Å². The molecule has 0 aliphatic carbocycles. The zero-order valence-corrected chi connectivity index (χ0v) is 8.52. The van der Waals surface area contributed by atoms with Crippen LogP contribution in [0.2, 0.25) is 0 Å². The van der Waals surface area contributed by atoms with Gasteiger partial charge in [-0.1, -0.05) is 20.8 Å². The van der Waals surface area contributed by atoms with Crippen molar-refractivity contribution < 1.29 is 13.2 Å². The summed E-state index contributed by atoms with van der Waals surface area (Å²) in [5.41, 5.74) is -0.343. The molecule has 1 aromatic heterocycles. The average Bonchev–Trinajstić information content (AvgIpc) is 2.19. The first-order valence-electron chi connectivity index (χ1n) is 4.55. The Hall–Kier alpha value is -1.06. The van der Waals surface area contributed by atoms with Crippen LogP contribution in [0.3, 0.4) is 0 Å². The summed E-state index contributed by atoms with van der Waals surface area (Å²) >= 11 is 0. The summed E-state index contributed by atoms with van der Waals surface area (Å²) in [7, 11) is 0. The van der Waals surface area contributed by atoms with Crippen molar-refractivity contribution in [2.24, 2.45) is 0 Å². The maximum absolute atomic E-state index is 12.2. The molecule has 0 atom stereocenters. The second kappa shape index (κ2) is 5.62. The normalized spacial score (nSPS) is 10.4. The number of halogens is 3. The van der Waals surface area contributed by atoms with Gasteiger partial charge < -0.3 is 0 Å². The van der Waals surface area contributed by atoms with E-state index in [1.165, 1.54) is 12.3 Å². The van der Waals surface area contributed by atoms with Gasteiger partial charge in [0.2, 0.25) is 0 Å². The minimum atomic E-state index is -4.28. The molecule has 14 heavy (non-hydrogen) atoms. The third kappa shape index (κ3) is 3.36. The summed E-state index contributed by atoms with van der Waals surface area (Å²) in [4.78, 5) is 3.44. The largest absolute Gasteiger partial charge is 0.418 e. The molecule has 1 nitrogen and oxygen atoms in total. The topological polar surface area (TPSA) is 12.9 Å². The van der Waals surface area contributed by atoms with E-state index in [2.05, 4.69) is 4.98 Å². The fraction of sp³-hybridized carbons (Fsp3) is 0.500. The predicted octanol–water partition coefficient (Wildman–Crippen LogP) is 3.69. The Morgan fingerprint density at radius 2 is 1.86 bits per heavy atom. The Balaban J connectivity index is 0.000000791. The standard InChI is InChI=1S/C8H8F3N.C2H6/c1-2-6-3-4-12-5-7(6)8(9,10)11;1-2/h3-5H,2H2,1H3;1-2H3. The lowest BCUT2D eigenvalue weighted by Gasteiger charge is -2.09. The first-order valence-corrected chi connectivity index (χ1v) is 4.55. The van der Waals surface area contributed by atoms with Crippen molar-refractivity contribution in [1.82, 2.24) is 4.98 Å². The number of hydrogen-bond donors (Lipinski definition) is 0. The van der Waals surface area contributed by atoms with Crippen molar-refractivity contribution in [3.63, 3.8) is 0 Å². The van der Waals surface area contributed by atoms with Crippen LogP contribution >= 0.6 is 0 Å². The number of rotatable bonds is 1. The fourth-order valence-corrected chi connectivity index (χ4v) is 0.987. The zero-order valence-electron chi connectivity index (χ0n) is 8.52. The van der Waals surface area contributed by atoms with Crippen LogP contribution in [0.25, 0.3) is 0 Å². The summed E-state index contributed by atoms with van der Waals surface area (Å²) < 4.78 is 36.6. The molecule has 0 radical (unpaired) electrons. The molecule has 0 aromatic carbocycles. The van der Waals surface area contributed by atoms with Crippen LogP contribution in [0.5, 0.6) is 0 Å². The molecule has 0 aliphatic rings. The molecule has 0 aliphatic heterocycles. The van der Waals surface area contributed by atoms with Crippen LogP contribution in [-0.4, -0.2) is 4.98 Å². The lowest BCUT2D eigenvalue weighted by molar-refractivity contribution is -0.138. The molecule has 0 N–H and O–H groups in total. The van der Waals surface area contributed by atoms with Gasteiger partial charge in [0.15, 0.2) is 0 Å². The first-order chi connectivity index (χ1) is 6.55. The first kappa shape index (κ1) is 12.9. The minimum absolute atomic E-state index is 0.289. The van der Waals surface area contributed by atoms with Crippen LogP contribution in [0.15, 0.2) is 18.5 Å². The summed E-state index contributed by atoms with van der Waals surface area (Å²) in [5.74, 6) is 0. The minimum Gasteiger partial charge on any atom is -0.264 e. The van der Waals surface area contributed by atoms with Crippen molar-refractivity contribution in [2.45, 2.75) is 33.4 Å². The van der Waals surface area contributed by atoms with Gasteiger partial charge >= 0.3 is 6.18 Å². The summed E-state index contributed by atoms with van der Waals surface area (Å²) in [6.07, 6.45) is -1.68. The predicted molar refractivity (Wildman–Crippen MR) is 50.0 cm³/mol. The van der Waals surface area contributed by atoms with E-state index in [9.17, 15) is 13.2 Å². The Kier molecular flexibility index (Phi) is 5.20. The fourth-order valence-electron chi connectivity index (χ4n) is 0.987. The molecule has 0 amide bonds. The molecule has 0 unspecified atom stereocenters. The number of aryl methyl sites for hydroxylation is 1. The second-order valence-electron chi connectivity index (χ2n) is 2.38. The highest BCUT2D eigenvalue weighted by molar-refractivity contribution is 5.25. The van der Waals surface area contributed by atoms with E-state index in [0.29, 0.717) is 6.42 Å². The Morgan fingerprint density at radius 3 is 2.21 bits per heavy atom. The molecule has 0 saturated heterocycles. The van der Waals surface area contributed by atoms with Crippen LogP contribution in [0.4, 0.5) is 13.2 Å². The molecule has 0 bridgehead atoms. The van der Waals surface area contributed by atoms with Crippen molar-refractivity contribution in [1.29, 1.82) is 0 Å². The van der Waals surface area contributed by atoms with Gasteiger partial charge in [-0.3, -0.25) is 4.98 Å². The molecule has 1 aromatic rings. The van der Waals surface area contributed by atoms with Gasteiger partial charge in [0, 0.05) is 12.4 Å². The number of hydrogen-bond acceptors (Lipinski definition) is 1. The number of nitrogens with zero attached hydrogens (tertiary/aromatic N) is 1. The third-order valence-electron chi connectivity index (χ3n) is 1.60. The molecule has 0 saturated carbocycles. The van der Waals surface area contributed by atoms with Crippen molar-refractivity contribution in [3.05, 3.63) is 29.6 Å². The van der Waals surface area contributed by atoms with E-state index in [-0.39, 0.29) is 5.56 Å². The molecular formula is C10H14F3N. The van der Waals surface area contributed by atoms with E-state index in [0.717, 1.165) is 6.20 Å².